The van der Waals surface area contributed by atoms with Crippen LogP contribution in [0.3, 0.4) is 0 Å². The van der Waals surface area contributed by atoms with E-state index in [1.54, 1.807) is 48.5 Å². The normalized spacial score (nSPS) is 14.1. The molecule has 1 saturated heterocycles. The lowest BCUT2D eigenvalue weighted by molar-refractivity contribution is -0.0569. The molecule has 31 heavy (non-hydrogen) atoms. The number of aromatic nitrogens is 4. The number of ether oxygens (including phenoxy) is 1. The van der Waals surface area contributed by atoms with E-state index in [1.165, 1.54) is 4.68 Å². The van der Waals surface area contributed by atoms with Crippen molar-refractivity contribution in [2.75, 3.05) is 26.9 Å². The highest BCUT2D eigenvalue weighted by Gasteiger charge is 2.19. The maximum Gasteiger partial charge on any atom is 0.339 e. The van der Waals surface area contributed by atoms with Gasteiger partial charge in [0.25, 0.3) is 0 Å². The zero-order chi connectivity index (χ0) is 21.6. The van der Waals surface area contributed by atoms with Crippen LogP contribution in [0.5, 0.6) is 0 Å². The number of nitrogens with zero attached hydrogens (tertiary/aromatic N) is 6. The summed E-state index contributed by atoms with van der Waals surface area (Å²) in [4.78, 5) is 25.0. The Balaban J connectivity index is 1.44. The fraction of sp³-hybridized carbons (Fsp3) is 0.286. The van der Waals surface area contributed by atoms with E-state index in [4.69, 9.17) is 4.74 Å². The van der Waals surface area contributed by atoms with E-state index in [9.17, 15) is 9.59 Å². The number of esters is 1. The van der Waals surface area contributed by atoms with Gasteiger partial charge in [-0.1, -0.05) is 36.4 Å². The van der Waals surface area contributed by atoms with Crippen molar-refractivity contribution in [3.05, 3.63) is 65.7 Å². The van der Waals surface area contributed by atoms with Crippen LogP contribution < -0.4 is 0 Å². The van der Waals surface area contributed by atoms with E-state index in [2.05, 4.69) is 20.5 Å². The molecule has 1 aliphatic rings. The summed E-state index contributed by atoms with van der Waals surface area (Å²) in [5, 5.41) is 15.8. The molecule has 10 heteroatoms. The number of tetrazole rings is 1. The maximum absolute atomic E-state index is 12.5. The van der Waals surface area contributed by atoms with Gasteiger partial charge in [-0.25, -0.2) is 14.8 Å². The van der Waals surface area contributed by atoms with Gasteiger partial charge >= 0.3 is 5.97 Å². The van der Waals surface area contributed by atoms with Crippen molar-refractivity contribution in [1.82, 2.24) is 30.2 Å². The Kier molecular flexibility index (Phi) is 6.70. The molecule has 2 aromatic carbocycles. The number of carbonyl (C=O) groups is 2. The van der Waals surface area contributed by atoms with Gasteiger partial charge in [-0.2, -0.15) is 4.68 Å². The minimum atomic E-state index is -0.435. The minimum Gasteiger partial charge on any atom is -0.445 e. The van der Waals surface area contributed by atoms with Crippen LogP contribution in [-0.2, 0) is 4.74 Å². The zero-order valence-electron chi connectivity index (χ0n) is 17.0. The fourth-order valence-electron chi connectivity index (χ4n) is 3.24. The number of rotatable bonds is 7. The highest BCUT2D eigenvalue weighted by atomic mass is 32.2. The van der Waals surface area contributed by atoms with Gasteiger partial charge in [0, 0.05) is 25.7 Å². The third-order valence-electron chi connectivity index (χ3n) is 4.91. The van der Waals surface area contributed by atoms with E-state index in [0.29, 0.717) is 22.0 Å². The molecule has 0 atom stereocenters. The van der Waals surface area contributed by atoms with E-state index in [-0.39, 0.29) is 11.8 Å². The second kappa shape index (κ2) is 9.82. The molecule has 1 aromatic heterocycles. The molecule has 3 aromatic rings. The van der Waals surface area contributed by atoms with Crippen LogP contribution in [0.1, 0.15) is 33.6 Å². The van der Waals surface area contributed by atoms with Gasteiger partial charge in [0.15, 0.2) is 6.73 Å². The monoisotopic (exact) mass is 438 g/mol. The topological polar surface area (TPSA) is 93.5 Å². The summed E-state index contributed by atoms with van der Waals surface area (Å²) in [6, 6.07) is 15.7. The molecule has 0 radical (unpaired) electrons. The summed E-state index contributed by atoms with van der Waals surface area (Å²) in [7, 11) is 1.91. The van der Waals surface area contributed by atoms with Crippen molar-refractivity contribution in [3.63, 3.8) is 0 Å². The molecule has 0 aliphatic carbocycles. The lowest BCUT2D eigenvalue weighted by Gasteiger charge is -2.26. The largest absolute Gasteiger partial charge is 0.445 e. The highest BCUT2D eigenvalue weighted by molar-refractivity contribution is 8.14. The molecule has 0 N–H and O–H groups in total. The second-order valence-electron chi connectivity index (χ2n) is 7.06. The molecule has 2 heterocycles. The number of carbonyl (C=O) groups excluding carboxylic acids is 2. The van der Waals surface area contributed by atoms with Gasteiger partial charge in [-0.05, 0) is 53.2 Å². The van der Waals surface area contributed by atoms with Crippen molar-refractivity contribution in [1.29, 1.82) is 0 Å². The molecular formula is C21H22N6O3S. The quantitative estimate of drug-likeness (QED) is 0.313. The Bertz CT molecular complexity index is 1050. The predicted octanol–water partition coefficient (Wildman–Crippen LogP) is 2.65. The SMILES string of the molecule is CN(COC(=O)c1cccc(-n2nnnc2SC(=O)c2ccccc2)c1)N1CCCC1. The van der Waals surface area contributed by atoms with E-state index in [1.807, 2.05) is 18.1 Å². The van der Waals surface area contributed by atoms with Crippen LogP contribution in [0, 0.1) is 0 Å². The number of hydrogen-bond acceptors (Lipinski definition) is 9. The third kappa shape index (κ3) is 5.16. The average Bonchev–Trinajstić information content (AvgIpc) is 3.50. The molecular weight excluding hydrogens is 416 g/mol. The Morgan fingerprint density at radius 2 is 1.81 bits per heavy atom. The van der Waals surface area contributed by atoms with Gasteiger partial charge in [0.2, 0.25) is 10.3 Å². The molecule has 9 nitrogen and oxygen atoms in total. The maximum atomic E-state index is 12.5. The summed E-state index contributed by atoms with van der Waals surface area (Å²) in [6.07, 6.45) is 2.30. The first kappa shape index (κ1) is 21.2. The summed E-state index contributed by atoms with van der Waals surface area (Å²) in [5.74, 6) is -0.435. The van der Waals surface area contributed by atoms with E-state index < -0.39 is 5.97 Å². The van der Waals surface area contributed by atoms with Gasteiger partial charge < -0.3 is 4.74 Å². The standard InChI is InChI=1S/C21H22N6O3S/c1-25(26-12-5-6-13-26)15-30-19(28)17-10-7-11-18(14-17)27-21(22-23-24-27)31-20(29)16-8-3-2-4-9-16/h2-4,7-11,14H,5-6,12-13,15H2,1H3. The molecule has 0 amide bonds. The molecule has 0 unspecified atom stereocenters. The van der Waals surface area contributed by atoms with Crippen LogP contribution in [0.25, 0.3) is 5.69 Å². The smallest absolute Gasteiger partial charge is 0.339 e. The lowest BCUT2D eigenvalue weighted by Crippen LogP contribution is -2.39. The Labute approximate surface area is 183 Å². The van der Waals surface area contributed by atoms with Crippen molar-refractivity contribution in [3.8, 4) is 5.69 Å². The Morgan fingerprint density at radius 3 is 2.58 bits per heavy atom. The van der Waals surface area contributed by atoms with Crippen LogP contribution in [0.15, 0.2) is 59.8 Å². The number of benzene rings is 2. The highest BCUT2D eigenvalue weighted by Crippen LogP contribution is 2.23. The number of hydrogen-bond donors (Lipinski definition) is 0. The van der Waals surface area contributed by atoms with Crippen LogP contribution in [-0.4, -0.2) is 68.2 Å². The first-order valence-electron chi connectivity index (χ1n) is 9.91. The molecule has 0 bridgehead atoms. The molecule has 0 saturated carbocycles. The van der Waals surface area contributed by atoms with Gasteiger partial charge in [0.1, 0.15) is 0 Å². The summed E-state index contributed by atoms with van der Waals surface area (Å²) >= 11 is 0.927. The second-order valence-corrected chi connectivity index (χ2v) is 8.00. The van der Waals surface area contributed by atoms with Crippen molar-refractivity contribution < 1.29 is 14.3 Å². The van der Waals surface area contributed by atoms with Crippen LogP contribution >= 0.6 is 11.8 Å². The van der Waals surface area contributed by atoms with E-state index in [0.717, 1.165) is 37.7 Å². The molecule has 0 spiro atoms. The van der Waals surface area contributed by atoms with Crippen LogP contribution in [0.2, 0.25) is 0 Å². The van der Waals surface area contributed by atoms with E-state index >= 15 is 0 Å². The average molecular weight is 439 g/mol. The van der Waals surface area contributed by atoms with Gasteiger partial charge in [-0.3, -0.25) is 4.79 Å². The summed E-state index contributed by atoms with van der Waals surface area (Å²) in [6.45, 7) is 2.14. The first-order valence-corrected chi connectivity index (χ1v) is 10.7. The lowest BCUT2D eigenvalue weighted by atomic mass is 10.2. The van der Waals surface area contributed by atoms with Crippen molar-refractivity contribution in [2.24, 2.45) is 0 Å². The first-order chi connectivity index (χ1) is 15.1. The Hall–Kier alpha value is -3.08. The zero-order valence-corrected chi connectivity index (χ0v) is 17.9. The summed E-state index contributed by atoms with van der Waals surface area (Å²) < 4.78 is 6.88. The Morgan fingerprint density at radius 1 is 1.06 bits per heavy atom. The minimum absolute atomic E-state index is 0.169. The van der Waals surface area contributed by atoms with Gasteiger partial charge in [0.05, 0.1) is 11.3 Å². The molecule has 1 aliphatic heterocycles. The molecule has 1 fully saturated rings. The molecule has 160 valence electrons. The fourth-order valence-corrected chi connectivity index (χ4v) is 3.97. The number of thioether (sulfide) groups is 1. The van der Waals surface area contributed by atoms with Crippen molar-refractivity contribution in [2.45, 2.75) is 18.0 Å². The third-order valence-corrected chi connectivity index (χ3v) is 5.77. The summed E-state index contributed by atoms with van der Waals surface area (Å²) in [5.41, 5.74) is 1.50. The van der Waals surface area contributed by atoms with Crippen LogP contribution in [0.4, 0.5) is 0 Å². The van der Waals surface area contributed by atoms with Crippen molar-refractivity contribution >= 4 is 22.8 Å². The van der Waals surface area contributed by atoms with Gasteiger partial charge in [-0.15, -0.1) is 5.10 Å². The predicted molar refractivity (Wildman–Crippen MR) is 115 cm³/mol. The number of hydrazine groups is 1. The molecule has 4 rings (SSSR count).